The van der Waals surface area contributed by atoms with Crippen LogP contribution < -0.4 is 15.5 Å². The van der Waals surface area contributed by atoms with E-state index in [1.165, 1.54) is 6.07 Å². The van der Waals surface area contributed by atoms with Gasteiger partial charge in [0.15, 0.2) is 17.6 Å². The number of pyridine rings is 1. The summed E-state index contributed by atoms with van der Waals surface area (Å²) in [5, 5.41) is 6.43. The maximum Gasteiger partial charge on any atom is 0.242 e. The van der Waals surface area contributed by atoms with Crippen molar-refractivity contribution in [3.05, 3.63) is 60.0 Å². The van der Waals surface area contributed by atoms with Gasteiger partial charge in [-0.3, -0.25) is 9.79 Å². The first-order valence-electron chi connectivity index (χ1n) is 10.2. The zero-order valence-corrected chi connectivity index (χ0v) is 20.3. The Morgan fingerprint density at radius 2 is 2.06 bits per heavy atom. The molecule has 31 heavy (non-hydrogen) atoms. The first-order valence-corrected chi connectivity index (χ1v) is 10.2. The van der Waals surface area contributed by atoms with Crippen molar-refractivity contribution in [2.24, 2.45) is 4.99 Å². The summed E-state index contributed by atoms with van der Waals surface area (Å²) in [6, 6.07) is 13.0. The fourth-order valence-corrected chi connectivity index (χ4v) is 3.52. The van der Waals surface area contributed by atoms with E-state index in [4.69, 9.17) is 0 Å². The van der Waals surface area contributed by atoms with Crippen molar-refractivity contribution in [3.63, 3.8) is 0 Å². The van der Waals surface area contributed by atoms with E-state index < -0.39 is 0 Å². The largest absolute Gasteiger partial charge is 0.352 e. The lowest BCUT2D eigenvalue weighted by molar-refractivity contribution is -0.130. The molecule has 1 amide bonds. The molecule has 0 bridgehead atoms. The molecule has 2 N–H and O–H groups in total. The van der Waals surface area contributed by atoms with Crippen LogP contribution in [0.3, 0.4) is 0 Å². The molecule has 3 rings (SSSR count). The van der Waals surface area contributed by atoms with Crippen LogP contribution in [0.25, 0.3) is 0 Å². The Morgan fingerprint density at radius 3 is 2.74 bits per heavy atom. The molecular formula is C22H30FIN6O. The van der Waals surface area contributed by atoms with Crippen molar-refractivity contribution >= 4 is 41.7 Å². The molecule has 1 aromatic heterocycles. The van der Waals surface area contributed by atoms with E-state index >= 15 is 0 Å². The molecule has 1 fully saturated rings. The maximum absolute atomic E-state index is 14.0. The quantitative estimate of drug-likeness (QED) is 0.321. The van der Waals surface area contributed by atoms with Crippen molar-refractivity contribution in [1.29, 1.82) is 0 Å². The number of aliphatic imine (C=N–C) groups is 1. The first kappa shape index (κ1) is 24.8. The van der Waals surface area contributed by atoms with E-state index in [1.807, 2.05) is 42.2 Å². The number of carbonyl (C=O) groups is 1. The van der Waals surface area contributed by atoms with Crippen LogP contribution in [0, 0.1) is 5.82 Å². The van der Waals surface area contributed by atoms with Gasteiger partial charge in [0.1, 0.15) is 0 Å². The molecule has 0 spiro atoms. The Morgan fingerprint density at radius 1 is 1.29 bits per heavy atom. The van der Waals surface area contributed by atoms with Crippen LogP contribution in [-0.2, 0) is 11.3 Å². The van der Waals surface area contributed by atoms with E-state index in [1.54, 1.807) is 24.2 Å². The molecule has 2 heterocycles. The molecule has 9 heteroatoms. The Kier molecular flexibility index (Phi) is 9.96. The van der Waals surface area contributed by atoms with Crippen molar-refractivity contribution < 1.29 is 9.18 Å². The van der Waals surface area contributed by atoms with Crippen LogP contribution in [-0.4, -0.2) is 61.0 Å². The van der Waals surface area contributed by atoms with E-state index in [9.17, 15) is 9.18 Å². The lowest BCUT2D eigenvalue weighted by atomic mass is 10.2. The Labute approximate surface area is 200 Å². The SMILES string of the molecule is CCN(Cc1ccccc1)C(=O)CNC(=NC)NC1CCN(c2ncccc2F)C1.I. The summed E-state index contributed by atoms with van der Waals surface area (Å²) in [4.78, 5) is 24.7. The van der Waals surface area contributed by atoms with E-state index in [0.717, 1.165) is 12.0 Å². The highest BCUT2D eigenvalue weighted by molar-refractivity contribution is 14.0. The summed E-state index contributed by atoms with van der Waals surface area (Å²) in [7, 11) is 1.67. The van der Waals surface area contributed by atoms with Gasteiger partial charge in [-0.25, -0.2) is 9.37 Å². The number of aromatic nitrogens is 1. The summed E-state index contributed by atoms with van der Waals surface area (Å²) in [5.74, 6) is 0.629. The van der Waals surface area contributed by atoms with Crippen molar-refractivity contribution in [2.45, 2.75) is 25.9 Å². The second-order valence-corrected chi connectivity index (χ2v) is 7.20. The number of halogens is 2. The molecule has 0 aliphatic carbocycles. The molecule has 168 valence electrons. The topological polar surface area (TPSA) is 72.9 Å². The van der Waals surface area contributed by atoms with Gasteiger partial charge in [-0.15, -0.1) is 24.0 Å². The number of guanidine groups is 1. The highest BCUT2D eigenvalue weighted by atomic mass is 127. The van der Waals surface area contributed by atoms with E-state index in [-0.39, 0.29) is 48.3 Å². The smallest absolute Gasteiger partial charge is 0.242 e. The van der Waals surface area contributed by atoms with Gasteiger partial charge in [0.2, 0.25) is 5.91 Å². The fraction of sp³-hybridized carbons (Fsp3) is 0.409. The average molecular weight is 540 g/mol. The van der Waals surface area contributed by atoms with Gasteiger partial charge in [0.05, 0.1) is 6.54 Å². The Bertz CT molecular complexity index is 866. The van der Waals surface area contributed by atoms with Gasteiger partial charge in [-0.1, -0.05) is 30.3 Å². The summed E-state index contributed by atoms with van der Waals surface area (Å²) in [6.45, 7) is 4.68. The summed E-state index contributed by atoms with van der Waals surface area (Å²) in [6.07, 6.45) is 2.43. The predicted octanol–water partition coefficient (Wildman–Crippen LogP) is 2.63. The van der Waals surface area contributed by atoms with Crippen LogP contribution in [0.4, 0.5) is 10.2 Å². The molecule has 7 nitrogen and oxygen atoms in total. The van der Waals surface area contributed by atoms with Gasteiger partial charge >= 0.3 is 0 Å². The standard InChI is InChI=1S/C22H29FN6O.HI/c1-3-28(15-17-8-5-4-6-9-17)20(30)14-26-22(24-2)27-18-11-13-29(16-18)21-19(23)10-7-12-25-21;/h4-10,12,18H,3,11,13-16H2,1-2H3,(H2,24,26,27);1H. The van der Waals surface area contributed by atoms with Crippen molar-refractivity contribution in [3.8, 4) is 0 Å². The number of nitrogens with zero attached hydrogens (tertiary/aromatic N) is 4. The van der Waals surface area contributed by atoms with Crippen LogP contribution in [0.5, 0.6) is 0 Å². The highest BCUT2D eigenvalue weighted by Gasteiger charge is 2.26. The van der Waals surface area contributed by atoms with Gasteiger partial charge in [-0.2, -0.15) is 0 Å². The van der Waals surface area contributed by atoms with Crippen molar-refractivity contribution in [1.82, 2.24) is 20.5 Å². The summed E-state index contributed by atoms with van der Waals surface area (Å²) >= 11 is 0. The molecular weight excluding hydrogens is 510 g/mol. The number of likely N-dealkylation sites (N-methyl/N-ethyl adjacent to an activating group) is 1. The van der Waals surface area contributed by atoms with Crippen LogP contribution in [0.1, 0.15) is 18.9 Å². The monoisotopic (exact) mass is 540 g/mol. The zero-order valence-electron chi connectivity index (χ0n) is 17.9. The molecule has 1 atom stereocenters. The normalized spacial score (nSPS) is 15.9. The average Bonchev–Trinajstić information content (AvgIpc) is 3.24. The second kappa shape index (κ2) is 12.4. The minimum absolute atomic E-state index is 0. The van der Waals surface area contributed by atoms with Gasteiger partial charge in [-0.05, 0) is 31.0 Å². The summed E-state index contributed by atoms with van der Waals surface area (Å²) < 4.78 is 14.0. The lowest BCUT2D eigenvalue weighted by Crippen LogP contribution is -2.48. The maximum atomic E-state index is 14.0. The van der Waals surface area contributed by atoms with Crippen molar-refractivity contribution in [2.75, 3.05) is 38.1 Å². The summed E-state index contributed by atoms with van der Waals surface area (Å²) in [5.41, 5.74) is 1.10. The number of hydrogen-bond acceptors (Lipinski definition) is 4. The number of anilines is 1. The number of nitrogens with one attached hydrogen (secondary N) is 2. The highest BCUT2D eigenvalue weighted by Crippen LogP contribution is 2.20. The molecule has 2 aromatic rings. The first-order chi connectivity index (χ1) is 14.6. The number of rotatable bonds is 7. The minimum atomic E-state index is -0.315. The number of amides is 1. The second-order valence-electron chi connectivity index (χ2n) is 7.20. The molecule has 0 radical (unpaired) electrons. The van der Waals surface area contributed by atoms with Crippen LogP contribution in [0.15, 0.2) is 53.7 Å². The number of carbonyl (C=O) groups excluding carboxylic acids is 1. The third kappa shape index (κ3) is 7.05. The third-order valence-electron chi connectivity index (χ3n) is 5.15. The van der Waals surface area contributed by atoms with Crippen LogP contribution in [0.2, 0.25) is 0 Å². The molecule has 1 unspecified atom stereocenters. The molecule has 0 saturated carbocycles. The Balaban J connectivity index is 0.00000341. The van der Waals surface area contributed by atoms with Crippen LogP contribution >= 0.6 is 24.0 Å². The van der Waals surface area contributed by atoms with Gasteiger partial charge < -0.3 is 20.4 Å². The Hall–Kier alpha value is -2.43. The number of hydrogen-bond donors (Lipinski definition) is 2. The lowest BCUT2D eigenvalue weighted by Gasteiger charge is -2.23. The molecule has 1 aliphatic heterocycles. The molecule has 1 saturated heterocycles. The van der Waals surface area contributed by atoms with E-state index in [0.29, 0.717) is 38.0 Å². The zero-order chi connectivity index (χ0) is 21.3. The molecule has 1 aliphatic rings. The third-order valence-corrected chi connectivity index (χ3v) is 5.15. The van der Waals surface area contributed by atoms with Gasteiger partial charge in [0.25, 0.3) is 0 Å². The fourth-order valence-electron chi connectivity index (χ4n) is 3.52. The van der Waals surface area contributed by atoms with E-state index in [2.05, 4.69) is 20.6 Å². The molecule has 1 aromatic carbocycles. The van der Waals surface area contributed by atoms with Gasteiger partial charge in [0, 0.05) is 45.5 Å². The predicted molar refractivity (Wildman–Crippen MR) is 132 cm³/mol. The number of benzene rings is 1. The minimum Gasteiger partial charge on any atom is -0.352 e.